The van der Waals surface area contributed by atoms with Gasteiger partial charge in [0.1, 0.15) is 17.1 Å². The number of carbonyl (C=O) groups is 1. The van der Waals surface area contributed by atoms with E-state index in [1.54, 1.807) is 6.20 Å². The maximum atomic E-state index is 12.7. The van der Waals surface area contributed by atoms with E-state index < -0.39 is 0 Å². The second-order valence-corrected chi connectivity index (χ2v) is 7.19. The highest BCUT2D eigenvalue weighted by Crippen LogP contribution is 2.42. The lowest BCUT2D eigenvalue weighted by Gasteiger charge is -2.50. The van der Waals surface area contributed by atoms with Crippen LogP contribution in [-0.2, 0) is 4.74 Å². The SMILES string of the molecule is Cc1cc(C(=O)N2CC3(C2)OCCC3CCOc2ccccn2)c(C)o1. The van der Waals surface area contributed by atoms with E-state index in [0.717, 1.165) is 25.2 Å². The van der Waals surface area contributed by atoms with Crippen LogP contribution in [0.5, 0.6) is 5.88 Å². The number of aryl methyl sites for hydroxylation is 2. The fourth-order valence-electron chi connectivity index (χ4n) is 4.04. The average Bonchev–Trinajstić information content (AvgIpc) is 3.17. The van der Waals surface area contributed by atoms with Gasteiger partial charge in [-0.15, -0.1) is 0 Å². The van der Waals surface area contributed by atoms with Crippen molar-refractivity contribution in [2.75, 3.05) is 26.3 Å². The average molecular weight is 356 g/mol. The van der Waals surface area contributed by atoms with E-state index in [4.69, 9.17) is 13.9 Å². The predicted octanol–water partition coefficient (Wildman–Crippen LogP) is 2.99. The smallest absolute Gasteiger partial charge is 0.257 e. The molecule has 138 valence electrons. The van der Waals surface area contributed by atoms with Gasteiger partial charge in [0.05, 0.1) is 25.3 Å². The van der Waals surface area contributed by atoms with Crippen molar-refractivity contribution in [3.05, 3.63) is 47.5 Å². The second-order valence-electron chi connectivity index (χ2n) is 7.19. The third kappa shape index (κ3) is 3.09. The Hall–Kier alpha value is -2.34. The fraction of sp³-hybridized carbons (Fsp3) is 0.500. The number of aromatic nitrogens is 1. The van der Waals surface area contributed by atoms with E-state index >= 15 is 0 Å². The molecule has 2 aromatic heterocycles. The Morgan fingerprint density at radius 3 is 2.92 bits per heavy atom. The molecular formula is C20H24N2O4. The van der Waals surface area contributed by atoms with Crippen LogP contribution in [0.3, 0.4) is 0 Å². The lowest BCUT2D eigenvalue weighted by atomic mass is 9.79. The van der Waals surface area contributed by atoms with Crippen LogP contribution in [0.2, 0.25) is 0 Å². The molecule has 4 heterocycles. The van der Waals surface area contributed by atoms with Gasteiger partial charge in [-0.3, -0.25) is 4.79 Å². The van der Waals surface area contributed by atoms with Gasteiger partial charge in [0.2, 0.25) is 5.88 Å². The summed E-state index contributed by atoms with van der Waals surface area (Å²) in [5.74, 6) is 2.53. The van der Waals surface area contributed by atoms with Crippen molar-refractivity contribution in [1.29, 1.82) is 0 Å². The Morgan fingerprint density at radius 1 is 1.38 bits per heavy atom. The van der Waals surface area contributed by atoms with Gasteiger partial charge < -0.3 is 18.8 Å². The summed E-state index contributed by atoms with van der Waals surface area (Å²) in [7, 11) is 0. The molecule has 2 saturated heterocycles. The van der Waals surface area contributed by atoms with Crippen LogP contribution in [0.15, 0.2) is 34.9 Å². The van der Waals surface area contributed by atoms with E-state index in [1.807, 2.05) is 43.0 Å². The monoisotopic (exact) mass is 356 g/mol. The minimum absolute atomic E-state index is 0.0314. The summed E-state index contributed by atoms with van der Waals surface area (Å²) >= 11 is 0. The second kappa shape index (κ2) is 6.76. The Kier molecular flexibility index (Phi) is 4.44. The maximum Gasteiger partial charge on any atom is 0.257 e. The molecule has 4 rings (SSSR count). The lowest BCUT2D eigenvalue weighted by molar-refractivity contribution is -0.119. The summed E-state index contributed by atoms with van der Waals surface area (Å²) in [6, 6.07) is 7.46. The van der Waals surface area contributed by atoms with Gasteiger partial charge in [-0.25, -0.2) is 4.98 Å². The number of ether oxygens (including phenoxy) is 2. The molecule has 1 amide bonds. The number of likely N-dealkylation sites (tertiary alicyclic amines) is 1. The van der Waals surface area contributed by atoms with E-state index in [-0.39, 0.29) is 11.5 Å². The Morgan fingerprint density at radius 2 is 2.23 bits per heavy atom. The Bertz CT molecular complexity index is 780. The van der Waals surface area contributed by atoms with Crippen molar-refractivity contribution in [2.45, 2.75) is 32.3 Å². The van der Waals surface area contributed by atoms with E-state index in [9.17, 15) is 4.79 Å². The first-order valence-corrected chi connectivity index (χ1v) is 9.11. The van der Waals surface area contributed by atoms with E-state index in [0.29, 0.717) is 42.8 Å². The van der Waals surface area contributed by atoms with Gasteiger partial charge in [-0.1, -0.05) is 6.07 Å². The molecule has 1 spiro atoms. The largest absolute Gasteiger partial charge is 0.478 e. The van der Waals surface area contributed by atoms with Crippen molar-refractivity contribution >= 4 is 5.91 Å². The minimum atomic E-state index is -0.212. The normalized spacial score (nSPS) is 21.0. The number of rotatable bonds is 5. The van der Waals surface area contributed by atoms with Gasteiger partial charge >= 0.3 is 0 Å². The first kappa shape index (κ1) is 17.1. The molecule has 0 N–H and O–H groups in total. The zero-order chi connectivity index (χ0) is 18.1. The molecule has 0 aliphatic carbocycles. The summed E-state index contributed by atoms with van der Waals surface area (Å²) in [4.78, 5) is 18.7. The fourth-order valence-corrected chi connectivity index (χ4v) is 4.04. The summed E-state index contributed by atoms with van der Waals surface area (Å²) in [5.41, 5.74) is 0.445. The van der Waals surface area contributed by atoms with Gasteiger partial charge in [-0.2, -0.15) is 0 Å². The molecule has 1 atom stereocenters. The third-order valence-electron chi connectivity index (χ3n) is 5.43. The van der Waals surface area contributed by atoms with Crippen LogP contribution in [0, 0.1) is 19.8 Å². The summed E-state index contributed by atoms with van der Waals surface area (Å²) in [6.45, 7) is 6.34. The van der Waals surface area contributed by atoms with Gasteiger partial charge in [0.25, 0.3) is 5.91 Å². The van der Waals surface area contributed by atoms with Crippen LogP contribution in [-0.4, -0.2) is 47.7 Å². The Labute approximate surface area is 153 Å². The standard InChI is InChI=1S/C20H24N2O4/c1-14-11-17(15(2)26-14)19(23)22-12-20(13-22)16(7-10-25-20)6-9-24-18-5-3-4-8-21-18/h3-5,8,11,16H,6-7,9-10,12-13H2,1-2H3. The number of hydrogen-bond acceptors (Lipinski definition) is 5. The van der Waals surface area contributed by atoms with Gasteiger partial charge in [0, 0.05) is 18.9 Å². The number of hydrogen-bond donors (Lipinski definition) is 0. The topological polar surface area (TPSA) is 64.8 Å². The highest BCUT2D eigenvalue weighted by molar-refractivity contribution is 5.96. The zero-order valence-corrected chi connectivity index (χ0v) is 15.2. The number of carbonyl (C=O) groups excluding carboxylic acids is 1. The van der Waals surface area contributed by atoms with Crippen molar-refractivity contribution in [3.63, 3.8) is 0 Å². The molecular weight excluding hydrogens is 332 g/mol. The quantitative estimate of drug-likeness (QED) is 0.824. The van der Waals surface area contributed by atoms with E-state index in [2.05, 4.69) is 4.98 Å². The van der Waals surface area contributed by atoms with Crippen LogP contribution in [0.25, 0.3) is 0 Å². The summed E-state index contributed by atoms with van der Waals surface area (Å²) in [5, 5.41) is 0. The molecule has 0 saturated carbocycles. The number of amides is 1. The molecule has 2 fully saturated rings. The molecule has 1 unspecified atom stereocenters. The van der Waals surface area contributed by atoms with Crippen LogP contribution in [0.4, 0.5) is 0 Å². The zero-order valence-electron chi connectivity index (χ0n) is 15.2. The molecule has 0 aromatic carbocycles. The summed E-state index contributed by atoms with van der Waals surface area (Å²) in [6.07, 6.45) is 3.64. The maximum absolute atomic E-state index is 12.7. The number of pyridine rings is 1. The van der Waals surface area contributed by atoms with Crippen molar-refractivity contribution in [2.24, 2.45) is 5.92 Å². The molecule has 2 aliphatic heterocycles. The highest BCUT2D eigenvalue weighted by atomic mass is 16.5. The van der Waals surface area contributed by atoms with Gasteiger partial charge in [-0.05, 0) is 44.7 Å². The Balaban J connectivity index is 1.33. The molecule has 26 heavy (non-hydrogen) atoms. The van der Waals surface area contributed by atoms with Crippen molar-refractivity contribution in [1.82, 2.24) is 9.88 Å². The molecule has 0 radical (unpaired) electrons. The number of furan rings is 1. The minimum Gasteiger partial charge on any atom is -0.478 e. The van der Waals surface area contributed by atoms with Crippen molar-refractivity contribution < 1.29 is 18.7 Å². The molecule has 6 nitrogen and oxygen atoms in total. The molecule has 0 bridgehead atoms. The van der Waals surface area contributed by atoms with Crippen LogP contribution in [0.1, 0.15) is 34.7 Å². The first-order chi connectivity index (χ1) is 12.6. The van der Waals surface area contributed by atoms with E-state index in [1.165, 1.54) is 0 Å². The van der Waals surface area contributed by atoms with Gasteiger partial charge in [0.15, 0.2) is 0 Å². The van der Waals surface area contributed by atoms with Crippen LogP contribution >= 0.6 is 0 Å². The van der Waals surface area contributed by atoms with Crippen molar-refractivity contribution in [3.8, 4) is 5.88 Å². The highest BCUT2D eigenvalue weighted by Gasteiger charge is 2.54. The molecule has 2 aromatic rings. The third-order valence-corrected chi connectivity index (χ3v) is 5.43. The molecule has 6 heteroatoms. The summed E-state index contributed by atoms with van der Waals surface area (Å²) < 4.78 is 17.3. The first-order valence-electron chi connectivity index (χ1n) is 9.11. The lowest BCUT2D eigenvalue weighted by Crippen LogP contribution is -2.66. The van der Waals surface area contributed by atoms with Crippen LogP contribution < -0.4 is 4.74 Å². The molecule has 2 aliphatic rings. The number of nitrogens with zero attached hydrogens (tertiary/aromatic N) is 2. The predicted molar refractivity (Wildman–Crippen MR) is 95.2 cm³/mol.